The molecule has 0 aliphatic carbocycles. The summed E-state index contributed by atoms with van der Waals surface area (Å²) in [6.07, 6.45) is 1.90. The van der Waals surface area contributed by atoms with E-state index >= 15 is 0 Å². The van der Waals surface area contributed by atoms with Crippen molar-refractivity contribution in [3.05, 3.63) is 32.8 Å². The minimum Gasteiger partial charge on any atom is -0.324 e. The molecule has 0 saturated heterocycles. The molecule has 0 fully saturated rings. The summed E-state index contributed by atoms with van der Waals surface area (Å²) in [5, 5.41) is 1.54. The molecule has 0 amide bonds. The average molecular weight is 253 g/mol. The van der Waals surface area contributed by atoms with Gasteiger partial charge < -0.3 is 5.73 Å². The third-order valence-electron chi connectivity index (χ3n) is 2.04. The molecule has 1 aromatic rings. The van der Waals surface area contributed by atoms with Crippen molar-refractivity contribution in [2.75, 3.05) is 0 Å². The van der Waals surface area contributed by atoms with E-state index in [2.05, 4.69) is 6.92 Å². The van der Waals surface area contributed by atoms with Crippen LogP contribution < -0.4 is 5.73 Å². The van der Waals surface area contributed by atoms with E-state index in [-0.39, 0.29) is 6.04 Å². The summed E-state index contributed by atoms with van der Waals surface area (Å²) < 4.78 is 0. The first-order valence-corrected chi connectivity index (χ1v) is 5.59. The molecule has 1 aromatic carbocycles. The van der Waals surface area contributed by atoms with E-state index in [0.717, 1.165) is 18.4 Å². The van der Waals surface area contributed by atoms with Gasteiger partial charge in [-0.2, -0.15) is 0 Å². The highest BCUT2D eigenvalue weighted by Crippen LogP contribution is 2.32. The minimum absolute atomic E-state index is 0.0673. The fourth-order valence-corrected chi connectivity index (χ4v) is 1.98. The van der Waals surface area contributed by atoms with E-state index in [4.69, 9.17) is 40.5 Å². The lowest BCUT2D eigenvalue weighted by molar-refractivity contribution is 0.639. The van der Waals surface area contributed by atoms with Crippen molar-refractivity contribution in [3.63, 3.8) is 0 Å². The number of nitrogens with two attached hydrogens (primary N) is 1. The lowest BCUT2D eigenvalue weighted by Crippen LogP contribution is -2.10. The number of halogens is 3. The molecule has 1 nitrogen and oxygen atoms in total. The molecule has 0 radical (unpaired) electrons. The maximum Gasteiger partial charge on any atom is 0.0607 e. The fourth-order valence-electron chi connectivity index (χ4n) is 1.29. The third-order valence-corrected chi connectivity index (χ3v) is 3.09. The van der Waals surface area contributed by atoms with E-state index in [1.54, 1.807) is 12.1 Å². The topological polar surface area (TPSA) is 26.0 Å². The zero-order valence-corrected chi connectivity index (χ0v) is 10.1. The molecule has 0 aliphatic heterocycles. The normalized spacial score (nSPS) is 12.9. The molecule has 1 unspecified atom stereocenters. The Hall–Kier alpha value is 0.0500. The van der Waals surface area contributed by atoms with Gasteiger partial charge >= 0.3 is 0 Å². The predicted molar refractivity (Wildman–Crippen MR) is 63.3 cm³/mol. The molecule has 1 atom stereocenters. The Bertz CT molecular complexity index is 325. The van der Waals surface area contributed by atoms with Crippen molar-refractivity contribution in [3.8, 4) is 0 Å². The minimum atomic E-state index is -0.0673. The highest BCUT2D eigenvalue weighted by Gasteiger charge is 2.11. The van der Waals surface area contributed by atoms with E-state index in [1.165, 1.54) is 0 Å². The summed E-state index contributed by atoms with van der Waals surface area (Å²) in [7, 11) is 0. The quantitative estimate of drug-likeness (QED) is 0.791. The van der Waals surface area contributed by atoms with Gasteiger partial charge in [0.1, 0.15) is 0 Å². The van der Waals surface area contributed by atoms with E-state index in [0.29, 0.717) is 15.1 Å². The summed E-state index contributed by atoms with van der Waals surface area (Å²) >= 11 is 17.7. The van der Waals surface area contributed by atoms with Gasteiger partial charge in [0.2, 0.25) is 0 Å². The van der Waals surface area contributed by atoms with Crippen LogP contribution in [0.1, 0.15) is 31.4 Å². The van der Waals surface area contributed by atoms with Gasteiger partial charge in [0.15, 0.2) is 0 Å². The fraction of sp³-hybridized carbons (Fsp3) is 0.400. The van der Waals surface area contributed by atoms with Gasteiger partial charge in [-0.15, -0.1) is 0 Å². The van der Waals surface area contributed by atoms with Crippen LogP contribution in [-0.4, -0.2) is 0 Å². The summed E-state index contributed by atoms with van der Waals surface area (Å²) in [6, 6.07) is 3.31. The summed E-state index contributed by atoms with van der Waals surface area (Å²) in [6.45, 7) is 2.07. The first-order valence-electron chi connectivity index (χ1n) is 4.46. The highest BCUT2D eigenvalue weighted by atomic mass is 35.5. The molecule has 0 aromatic heterocycles. The van der Waals surface area contributed by atoms with Crippen LogP contribution >= 0.6 is 34.8 Å². The second kappa shape index (κ2) is 5.22. The van der Waals surface area contributed by atoms with Gasteiger partial charge in [0, 0.05) is 11.1 Å². The van der Waals surface area contributed by atoms with E-state index < -0.39 is 0 Å². The number of rotatable bonds is 3. The van der Waals surface area contributed by atoms with Gasteiger partial charge in [-0.05, 0) is 24.1 Å². The first-order chi connectivity index (χ1) is 6.56. The monoisotopic (exact) mass is 251 g/mol. The molecule has 78 valence electrons. The molecule has 2 N–H and O–H groups in total. The van der Waals surface area contributed by atoms with Crippen molar-refractivity contribution in [2.24, 2.45) is 5.73 Å². The largest absolute Gasteiger partial charge is 0.324 e. The predicted octanol–water partition coefficient (Wildman–Crippen LogP) is 4.45. The average Bonchev–Trinajstić information content (AvgIpc) is 2.11. The van der Waals surface area contributed by atoms with Crippen LogP contribution in [0.3, 0.4) is 0 Å². The third kappa shape index (κ3) is 2.77. The van der Waals surface area contributed by atoms with Crippen molar-refractivity contribution < 1.29 is 0 Å². The summed E-state index contributed by atoms with van der Waals surface area (Å²) in [4.78, 5) is 0. The van der Waals surface area contributed by atoms with Gasteiger partial charge in [0.05, 0.1) is 10.0 Å². The molecule has 0 bridgehead atoms. The Balaban J connectivity index is 3.02. The number of hydrogen-bond donors (Lipinski definition) is 1. The molecule has 14 heavy (non-hydrogen) atoms. The van der Waals surface area contributed by atoms with Gasteiger partial charge in [-0.3, -0.25) is 0 Å². The summed E-state index contributed by atoms with van der Waals surface area (Å²) in [5.74, 6) is 0. The zero-order chi connectivity index (χ0) is 10.7. The van der Waals surface area contributed by atoms with Crippen molar-refractivity contribution in [2.45, 2.75) is 25.8 Å². The second-order valence-corrected chi connectivity index (χ2v) is 4.40. The molecule has 0 spiro atoms. The SMILES string of the molecule is CCCC(N)c1cc(Cl)c(Cl)cc1Cl. The van der Waals surface area contributed by atoms with E-state index in [9.17, 15) is 0 Å². The Morgan fingerprint density at radius 1 is 1.14 bits per heavy atom. The van der Waals surface area contributed by atoms with Gasteiger partial charge in [-0.25, -0.2) is 0 Å². The Morgan fingerprint density at radius 2 is 1.71 bits per heavy atom. The van der Waals surface area contributed by atoms with Crippen LogP contribution in [0.5, 0.6) is 0 Å². The Kier molecular flexibility index (Phi) is 4.52. The maximum atomic E-state index is 6.01. The first kappa shape index (κ1) is 12.1. The van der Waals surface area contributed by atoms with Crippen molar-refractivity contribution in [1.82, 2.24) is 0 Å². The lowest BCUT2D eigenvalue weighted by atomic mass is 10.0. The zero-order valence-electron chi connectivity index (χ0n) is 7.86. The molecular formula is C10H12Cl3N. The van der Waals surface area contributed by atoms with Crippen LogP contribution in [0, 0.1) is 0 Å². The van der Waals surface area contributed by atoms with Gasteiger partial charge in [-0.1, -0.05) is 48.1 Å². The smallest absolute Gasteiger partial charge is 0.0607 e. The molecule has 0 heterocycles. The molecule has 4 heteroatoms. The highest BCUT2D eigenvalue weighted by molar-refractivity contribution is 6.43. The van der Waals surface area contributed by atoms with Crippen molar-refractivity contribution >= 4 is 34.8 Å². The van der Waals surface area contributed by atoms with Gasteiger partial charge in [0.25, 0.3) is 0 Å². The van der Waals surface area contributed by atoms with Crippen molar-refractivity contribution in [1.29, 1.82) is 0 Å². The Labute approximate surface area is 99.1 Å². The van der Waals surface area contributed by atoms with Crippen LogP contribution in [0.25, 0.3) is 0 Å². The number of hydrogen-bond acceptors (Lipinski definition) is 1. The molecular weight excluding hydrogens is 240 g/mol. The molecule has 0 aliphatic rings. The van der Waals surface area contributed by atoms with Crippen LogP contribution in [0.15, 0.2) is 12.1 Å². The maximum absolute atomic E-state index is 6.01. The van der Waals surface area contributed by atoms with Crippen LogP contribution in [-0.2, 0) is 0 Å². The lowest BCUT2D eigenvalue weighted by Gasteiger charge is -2.13. The summed E-state index contributed by atoms with van der Waals surface area (Å²) in [5.41, 5.74) is 6.80. The van der Waals surface area contributed by atoms with Crippen LogP contribution in [0.4, 0.5) is 0 Å². The number of benzene rings is 1. The Morgan fingerprint density at radius 3 is 2.29 bits per heavy atom. The second-order valence-electron chi connectivity index (χ2n) is 3.18. The molecule has 0 saturated carbocycles. The standard InChI is InChI=1S/C10H12Cl3N/c1-2-3-10(14)6-4-8(12)9(13)5-7(6)11/h4-5,10H,2-3,14H2,1H3. The van der Waals surface area contributed by atoms with Crippen LogP contribution in [0.2, 0.25) is 15.1 Å². The van der Waals surface area contributed by atoms with E-state index in [1.807, 2.05) is 0 Å². The molecule has 1 rings (SSSR count).